The van der Waals surface area contributed by atoms with Gasteiger partial charge in [-0.3, -0.25) is 0 Å². The average molecular weight is 305 g/mol. The topological polar surface area (TPSA) is 62.7 Å². The largest absolute Gasteiger partial charge is 0.317 e. The van der Waals surface area contributed by atoms with Crippen LogP contribution in [0.5, 0.6) is 0 Å². The second-order valence-corrected chi connectivity index (χ2v) is 5.37. The van der Waals surface area contributed by atoms with Crippen LogP contribution in [0.25, 0.3) is 0 Å². The number of hydrogen-bond donors (Lipinski definition) is 2. The molecule has 7 heteroatoms. The van der Waals surface area contributed by atoms with E-state index in [0.29, 0.717) is 23.9 Å². The van der Waals surface area contributed by atoms with Crippen LogP contribution in [0, 0.1) is 17.6 Å². The minimum absolute atomic E-state index is 0.268. The van der Waals surface area contributed by atoms with Crippen LogP contribution in [0.15, 0.2) is 24.5 Å². The zero-order chi connectivity index (χ0) is 15.4. The van der Waals surface area contributed by atoms with Gasteiger partial charge in [0.1, 0.15) is 11.6 Å². The highest BCUT2D eigenvalue weighted by molar-refractivity contribution is 5.47. The van der Waals surface area contributed by atoms with Crippen LogP contribution in [0.1, 0.15) is 18.5 Å². The molecule has 0 radical (unpaired) electrons. The van der Waals surface area contributed by atoms with Crippen molar-refractivity contribution in [2.24, 2.45) is 5.92 Å². The molecular formula is C15H17F2N5. The van der Waals surface area contributed by atoms with E-state index in [-0.39, 0.29) is 5.95 Å². The molecule has 116 valence electrons. The van der Waals surface area contributed by atoms with Crippen molar-refractivity contribution in [2.75, 3.05) is 18.4 Å². The summed E-state index contributed by atoms with van der Waals surface area (Å²) in [6, 6.07) is 2.77. The molecular weight excluding hydrogens is 288 g/mol. The fourth-order valence-corrected chi connectivity index (χ4v) is 2.53. The number of pyridine rings is 1. The molecule has 5 nitrogen and oxygen atoms in total. The summed E-state index contributed by atoms with van der Waals surface area (Å²) in [7, 11) is 0. The van der Waals surface area contributed by atoms with E-state index in [1.807, 2.05) is 0 Å². The fourth-order valence-electron chi connectivity index (χ4n) is 2.53. The summed E-state index contributed by atoms with van der Waals surface area (Å²) < 4.78 is 26.7. The highest BCUT2D eigenvalue weighted by Gasteiger charge is 2.17. The Morgan fingerprint density at radius 2 is 1.95 bits per heavy atom. The molecule has 0 bridgehead atoms. The van der Waals surface area contributed by atoms with Gasteiger partial charge in [0.2, 0.25) is 5.95 Å². The van der Waals surface area contributed by atoms with Crippen molar-refractivity contribution in [1.82, 2.24) is 20.3 Å². The first-order valence-corrected chi connectivity index (χ1v) is 7.31. The Morgan fingerprint density at radius 1 is 1.14 bits per heavy atom. The first kappa shape index (κ1) is 14.8. The minimum atomic E-state index is -0.419. The van der Waals surface area contributed by atoms with Crippen molar-refractivity contribution in [2.45, 2.75) is 19.3 Å². The van der Waals surface area contributed by atoms with Crippen molar-refractivity contribution in [3.8, 4) is 0 Å². The standard InChI is InChI=1S/C15H17F2N5/c16-11-1-2-14(19-8-11)22-15-20-9-12(17)13(21-15)7-10-3-5-18-6-4-10/h1-2,8-10,18H,3-7H2,(H,19,20,21,22). The van der Waals surface area contributed by atoms with E-state index >= 15 is 0 Å². The molecule has 1 fully saturated rings. The zero-order valence-corrected chi connectivity index (χ0v) is 12.0. The number of aromatic nitrogens is 3. The van der Waals surface area contributed by atoms with Gasteiger partial charge in [0.05, 0.1) is 18.1 Å². The molecule has 0 atom stereocenters. The SMILES string of the molecule is Fc1ccc(Nc2ncc(F)c(CC3CCNCC3)n2)nc1. The third-order valence-electron chi connectivity index (χ3n) is 3.72. The Labute approximate surface area is 127 Å². The summed E-state index contributed by atoms with van der Waals surface area (Å²) in [5.41, 5.74) is 0.409. The van der Waals surface area contributed by atoms with E-state index in [1.165, 1.54) is 12.1 Å². The molecule has 0 aliphatic carbocycles. The molecule has 1 aliphatic heterocycles. The van der Waals surface area contributed by atoms with E-state index in [1.54, 1.807) is 0 Å². The molecule has 22 heavy (non-hydrogen) atoms. The fraction of sp³-hybridized carbons (Fsp3) is 0.400. The molecule has 3 rings (SSSR count). The monoisotopic (exact) mass is 305 g/mol. The van der Waals surface area contributed by atoms with Crippen LogP contribution in [0.3, 0.4) is 0 Å². The number of nitrogens with zero attached hydrogens (tertiary/aromatic N) is 3. The van der Waals surface area contributed by atoms with E-state index in [4.69, 9.17) is 0 Å². The van der Waals surface area contributed by atoms with Crippen LogP contribution in [0.4, 0.5) is 20.5 Å². The summed E-state index contributed by atoms with van der Waals surface area (Å²) >= 11 is 0. The predicted molar refractivity (Wildman–Crippen MR) is 78.8 cm³/mol. The number of hydrogen-bond acceptors (Lipinski definition) is 5. The maximum Gasteiger partial charge on any atom is 0.228 e. The Bertz CT molecular complexity index is 626. The molecule has 1 aliphatic rings. The number of nitrogens with one attached hydrogen (secondary N) is 2. The van der Waals surface area contributed by atoms with Crippen molar-refractivity contribution in [1.29, 1.82) is 0 Å². The van der Waals surface area contributed by atoms with Crippen molar-refractivity contribution < 1.29 is 8.78 Å². The Balaban J connectivity index is 1.72. The Hall–Kier alpha value is -2.15. The molecule has 2 aromatic rings. The highest BCUT2D eigenvalue weighted by Crippen LogP contribution is 2.20. The maximum absolute atomic E-state index is 13.9. The van der Waals surface area contributed by atoms with Crippen LogP contribution in [0.2, 0.25) is 0 Å². The van der Waals surface area contributed by atoms with E-state index in [9.17, 15) is 8.78 Å². The van der Waals surface area contributed by atoms with Gasteiger partial charge in [0.15, 0.2) is 5.82 Å². The second-order valence-electron chi connectivity index (χ2n) is 5.37. The third-order valence-corrected chi connectivity index (χ3v) is 3.72. The van der Waals surface area contributed by atoms with Gasteiger partial charge >= 0.3 is 0 Å². The molecule has 2 aromatic heterocycles. The predicted octanol–water partition coefficient (Wildman–Crippen LogP) is 2.44. The lowest BCUT2D eigenvalue weighted by molar-refractivity contribution is 0.365. The van der Waals surface area contributed by atoms with Gasteiger partial charge in [0, 0.05) is 0 Å². The lowest BCUT2D eigenvalue weighted by Gasteiger charge is -2.22. The number of piperidine rings is 1. The smallest absolute Gasteiger partial charge is 0.228 e. The quantitative estimate of drug-likeness (QED) is 0.908. The first-order valence-electron chi connectivity index (χ1n) is 7.31. The van der Waals surface area contributed by atoms with Crippen LogP contribution in [-0.2, 0) is 6.42 Å². The number of halogens is 2. The zero-order valence-electron chi connectivity index (χ0n) is 12.0. The van der Waals surface area contributed by atoms with E-state index in [2.05, 4.69) is 25.6 Å². The number of rotatable bonds is 4. The molecule has 0 aromatic carbocycles. The summed E-state index contributed by atoms with van der Waals surface area (Å²) in [5.74, 6) is 0.307. The molecule has 0 saturated carbocycles. The van der Waals surface area contributed by atoms with Gasteiger partial charge < -0.3 is 10.6 Å². The maximum atomic E-state index is 13.9. The van der Waals surface area contributed by atoms with E-state index in [0.717, 1.165) is 38.3 Å². The van der Waals surface area contributed by atoms with Crippen molar-refractivity contribution in [3.05, 3.63) is 41.9 Å². The Kier molecular flexibility index (Phi) is 4.53. The van der Waals surface area contributed by atoms with Crippen LogP contribution < -0.4 is 10.6 Å². The first-order chi connectivity index (χ1) is 10.7. The van der Waals surface area contributed by atoms with E-state index < -0.39 is 11.6 Å². The molecule has 3 heterocycles. The highest BCUT2D eigenvalue weighted by atomic mass is 19.1. The van der Waals surface area contributed by atoms with Crippen LogP contribution >= 0.6 is 0 Å². The molecule has 1 saturated heterocycles. The van der Waals surface area contributed by atoms with Gasteiger partial charge in [-0.2, -0.15) is 0 Å². The van der Waals surface area contributed by atoms with Gasteiger partial charge in [-0.15, -0.1) is 0 Å². The summed E-state index contributed by atoms with van der Waals surface area (Å²) in [4.78, 5) is 12.0. The second kappa shape index (κ2) is 6.74. The number of anilines is 2. The molecule has 0 unspecified atom stereocenters. The third kappa shape index (κ3) is 3.73. The molecule has 0 spiro atoms. The van der Waals surface area contributed by atoms with Crippen molar-refractivity contribution in [3.63, 3.8) is 0 Å². The van der Waals surface area contributed by atoms with Gasteiger partial charge in [-0.25, -0.2) is 23.7 Å². The molecule has 0 amide bonds. The molecule has 2 N–H and O–H groups in total. The van der Waals surface area contributed by atoms with Gasteiger partial charge in [0.25, 0.3) is 0 Å². The summed E-state index contributed by atoms with van der Waals surface area (Å²) in [5, 5.41) is 6.14. The minimum Gasteiger partial charge on any atom is -0.317 e. The van der Waals surface area contributed by atoms with Crippen molar-refractivity contribution >= 4 is 11.8 Å². The lowest BCUT2D eigenvalue weighted by Crippen LogP contribution is -2.29. The van der Waals surface area contributed by atoms with Gasteiger partial charge in [-0.05, 0) is 50.4 Å². The van der Waals surface area contributed by atoms with Gasteiger partial charge in [-0.1, -0.05) is 0 Å². The lowest BCUT2D eigenvalue weighted by atomic mass is 9.93. The normalized spacial score (nSPS) is 15.7. The summed E-state index contributed by atoms with van der Waals surface area (Å²) in [6.45, 7) is 1.92. The Morgan fingerprint density at radius 3 is 2.68 bits per heavy atom. The van der Waals surface area contributed by atoms with Crippen LogP contribution in [-0.4, -0.2) is 28.0 Å². The summed E-state index contributed by atoms with van der Waals surface area (Å²) in [6.07, 6.45) is 4.90. The average Bonchev–Trinajstić information content (AvgIpc) is 2.54.